The summed E-state index contributed by atoms with van der Waals surface area (Å²) < 4.78 is 0. The van der Waals surface area contributed by atoms with Gasteiger partial charge in [0.25, 0.3) is 0 Å². The largest absolute Gasteiger partial charge is 0.395 e. The average Bonchev–Trinajstić information content (AvgIpc) is 2.80. The maximum atomic E-state index is 10.5. The highest BCUT2D eigenvalue weighted by atomic mass is 16.3. The van der Waals surface area contributed by atoms with Crippen LogP contribution < -0.4 is 0 Å². The van der Waals surface area contributed by atoms with Crippen LogP contribution in [0, 0.1) is 6.92 Å². The van der Waals surface area contributed by atoms with E-state index < -0.39 is 18.2 Å². The zero-order valence-corrected chi connectivity index (χ0v) is 13.8. The summed E-state index contributed by atoms with van der Waals surface area (Å²) in [5, 5.41) is 30.6. The van der Waals surface area contributed by atoms with Gasteiger partial charge in [0, 0.05) is 25.0 Å². The molecule has 3 rings (SSSR count). The molecule has 5 heteroatoms. The van der Waals surface area contributed by atoms with Gasteiger partial charge in [-0.05, 0) is 30.0 Å². The highest BCUT2D eigenvalue weighted by Gasteiger charge is 2.46. The molecule has 1 aliphatic rings. The quantitative estimate of drug-likeness (QED) is 0.760. The molecular formula is C19H24N2O3. The van der Waals surface area contributed by atoms with E-state index in [-0.39, 0.29) is 12.6 Å². The van der Waals surface area contributed by atoms with Crippen LogP contribution in [0.3, 0.4) is 0 Å². The highest BCUT2D eigenvalue weighted by Crippen LogP contribution is 2.29. The lowest BCUT2D eigenvalue weighted by Gasteiger charge is -2.29. The monoisotopic (exact) mass is 328 g/mol. The van der Waals surface area contributed by atoms with Crippen LogP contribution in [0.4, 0.5) is 0 Å². The van der Waals surface area contributed by atoms with E-state index in [2.05, 4.69) is 4.98 Å². The summed E-state index contributed by atoms with van der Waals surface area (Å²) >= 11 is 0. The molecule has 24 heavy (non-hydrogen) atoms. The Morgan fingerprint density at radius 1 is 1.00 bits per heavy atom. The highest BCUT2D eigenvalue weighted by molar-refractivity contribution is 5.20. The first-order valence-electron chi connectivity index (χ1n) is 8.27. The second-order valence-electron chi connectivity index (χ2n) is 6.53. The van der Waals surface area contributed by atoms with E-state index in [0.717, 1.165) is 16.7 Å². The van der Waals surface area contributed by atoms with Crippen molar-refractivity contribution < 1.29 is 15.3 Å². The van der Waals surface area contributed by atoms with Crippen LogP contribution in [-0.2, 0) is 13.0 Å². The van der Waals surface area contributed by atoms with Gasteiger partial charge < -0.3 is 15.3 Å². The number of nitrogens with zero attached hydrogens (tertiary/aromatic N) is 2. The molecule has 2 heterocycles. The number of aromatic nitrogens is 1. The number of rotatable bonds is 5. The molecule has 0 saturated carbocycles. The van der Waals surface area contributed by atoms with Crippen LogP contribution in [0.5, 0.6) is 0 Å². The Morgan fingerprint density at radius 2 is 1.71 bits per heavy atom. The molecule has 1 aromatic heterocycles. The summed E-state index contributed by atoms with van der Waals surface area (Å²) in [5.41, 5.74) is 3.17. The molecule has 5 nitrogen and oxygen atoms in total. The first-order valence-corrected chi connectivity index (χ1v) is 8.27. The Labute approximate surface area is 142 Å². The molecule has 0 radical (unpaired) electrons. The maximum absolute atomic E-state index is 10.5. The number of aliphatic hydroxyl groups excluding tert-OH is 3. The van der Waals surface area contributed by atoms with E-state index in [1.54, 1.807) is 12.4 Å². The predicted molar refractivity (Wildman–Crippen MR) is 91.3 cm³/mol. The van der Waals surface area contributed by atoms with Crippen LogP contribution in [0.1, 0.15) is 16.7 Å². The predicted octanol–water partition coefficient (Wildman–Crippen LogP) is 0.900. The molecule has 3 N–H and O–H groups in total. The van der Waals surface area contributed by atoms with Crippen LogP contribution >= 0.6 is 0 Å². The van der Waals surface area contributed by atoms with Crippen molar-refractivity contribution in [1.29, 1.82) is 0 Å². The number of aliphatic hydroxyl groups is 3. The first-order chi connectivity index (χ1) is 11.6. The third-order valence-electron chi connectivity index (χ3n) is 4.76. The molecule has 0 aliphatic carbocycles. The smallest absolute Gasteiger partial charge is 0.0991 e. The Balaban J connectivity index is 1.85. The minimum Gasteiger partial charge on any atom is -0.395 e. The molecule has 0 unspecified atom stereocenters. The molecular weight excluding hydrogens is 304 g/mol. The molecule has 1 aromatic carbocycles. The van der Waals surface area contributed by atoms with Gasteiger partial charge in [-0.2, -0.15) is 0 Å². The summed E-state index contributed by atoms with van der Waals surface area (Å²) in [5.74, 6) is 0. The maximum Gasteiger partial charge on any atom is 0.0991 e. The Hall–Kier alpha value is -1.79. The van der Waals surface area contributed by atoms with Gasteiger partial charge in [-0.3, -0.25) is 9.88 Å². The third-order valence-corrected chi connectivity index (χ3v) is 4.76. The zero-order valence-electron chi connectivity index (χ0n) is 13.8. The van der Waals surface area contributed by atoms with Gasteiger partial charge in [0.15, 0.2) is 0 Å². The molecule has 0 bridgehead atoms. The molecule has 2 aromatic rings. The Morgan fingerprint density at radius 3 is 2.38 bits per heavy atom. The number of pyridine rings is 1. The second-order valence-corrected chi connectivity index (χ2v) is 6.53. The van der Waals surface area contributed by atoms with Gasteiger partial charge in [-0.15, -0.1) is 0 Å². The van der Waals surface area contributed by atoms with Gasteiger partial charge in [0.05, 0.1) is 24.9 Å². The number of aryl methyl sites for hydroxylation is 1. The molecule has 128 valence electrons. The average molecular weight is 328 g/mol. The fourth-order valence-corrected chi connectivity index (χ4v) is 3.55. The molecule has 1 aliphatic heterocycles. The van der Waals surface area contributed by atoms with Gasteiger partial charge in [-0.1, -0.05) is 36.4 Å². The van der Waals surface area contributed by atoms with Crippen molar-refractivity contribution in [2.45, 2.75) is 44.2 Å². The number of hydrogen-bond acceptors (Lipinski definition) is 5. The summed E-state index contributed by atoms with van der Waals surface area (Å²) in [4.78, 5) is 6.21. The van der Waals surface area contributed by atoms with Crippen LogP contribution in [0.25, 0.3) is 0 Å². The fourth-order valence-electron chi connectivity index (χ4n) is 3.55. The fraction of sp³-hybridized carbons (Fsp3) is 0.421. The van der Waals surface area contributed by atoms with E-state index in [9.17, 15) is 15.3 Å². The molecule has 0 amide bonds. The number of likely N-dealkylation sites (tertiary alicyclic amines) is 1. The summed E-state index contributed by atoms with van der Waals surface area (Å²) in [6, 6.07) is 11.2. The molecule has 1 saturated heterocycles. The first kappa shape index (κ1) is 17.0. The Kier molecular flexibility index (Phi) is 5.26. The molecule has 0 spiro atoms. The van der Waals surface area contributed by atoms with E-state index in [0.29, 0.717) is 13.0 Å². The van der Waals surface area contributed by atoms with Crippen molar-refractivity contribution >= 4 is 0 Å². The SMILES string of the molecule is Cc1cncc(CN2[C@H](CO)[C@@H](O)[C@@H](O)[C@@H]2Cc2ccccc2)c1. The summed E-state index contributed by atoms with van der Waals surface area (Å²) in [6.07, 6.45) is 2.36. The van der Waals surface area contributed by atoms with Crippen LogP contribution in [-0.4, -0.2) is 56.1 Å². The van der Waals surface area contributed by atoms with Crippen molar-refractivity contribution in [3.8, 4) is 0 Å². The Bertz CT molecular complexity index is 665. The van der Waals surface area contributed by atoms with Crippen molar-refractivity contribution in [3.05, 3.63) is 65.5 Å². The molecule has 4 atom stereocenters. The molecule has 1 fully saturated rings. The third kappa shape index (κ3) is 3.49. The van der Waals surface area contributed by atoms with Crippen molar-refractivity contribution in [2.75, 3.05) is 6.61 Å². The zero-order chi connectivity index (χ0) is 17.1. The minimum absolute atomic E-state index is 0.192. The van der Waals surface area contributed by atoms with Crippen molar-refractivity contribution in [2.24, 2.45) is 0 Å². The number of hydrogen-bond donors (Lipinski definition) is 3. The van der Waals surface area contributed by atoms with Gasteiger partial charge in [0.2, 0.25) is 0 Å². The number of benzene rings is 1. The van der Waals surface area contributed by atoms with E-state index in [1.807, 2.05) is 48.2 Å². The van der Waals surface area contributed by atoms with E-state index in [4.69, 9.17) is 0 Å². The lowest BCUT2D eigenvalue weighted by atomic mass is 10.0. The van der Waals surface area contributed by atoms with Crippen molar-refractivity contribution in [1.82, 2.24) is 9.88 Å². The summed E-state index contributed by atoms with van der Waals surface area (Å²) in [6.45, 7) is 2.32. The van der Waals surface area contributed by atoms with Gasteiger partial charge in [-0.25, -0.2) is 0 Å². The lowest BCUT2D eigenvalue weighted by Crippen LogP contribution is -2.41. The normalized spacial score (nSPS) is 27.5. The van der Waals surface area contributed by atoms with Crippen molar-refractivity contribution in [3.63, 3.8) is 0 Å². The van der Waals surface area contributed by atoms with E-state index in [1.165, 1.54) is 0 Å². The standard InChI is InChI=1S/C19H24N2O3/c1-13-7-15(10-20-9-13)11-21-16(8-14-5-3-2-4-6-14)18(23)19(24)17(21)12-22/h2-7,9-10,16-19,22-24H,8,11-12H2,1H3/t16-,17+,18-,19+/m0/s1. The van der Waals surface area contributed by atoms with Crippen LogP contribution in [0.2, 0.25) is 0 Å². The van der Waals surface area contributed by atoms with Gasteiger partial charge in [0.1, 0.15) is 0 Å². The summed E-state index contributed by atoms with van der Waals surface area (Å²) in [7, 11) is 0. The van der Waals surface area contributed by atoms with Crippen LogP contribution in [0.15, 0.2) is 48.8 Å². The van der Waals surface area contributed by atoms with Gasteiger partial charge >= 0.3 is 0 Å². The minimum atomic E-state index is -0.957. The topological polar surface area (TPSA) is 76.8 Å². The van der Waals surface area contributed by atoms with E-state index >= 15 is 0 Å². The second kappa shape index (κ2) is 7.40. The lowest BCUT2D eigenvalue weighted by molar-refractivity contribution is 0.0178.